The van der Waals surface area contributed by atoms with Crippen molar-refractivity contribution in [3.05, 3.63) is 22.8 Å². The molecule has 0 aromatic heterocycles. The minimum absolute atomic E-state index is 0.372. The number of methoxy groups -OCH3 is 1. The van der Waals surface area contributed by atoms with Crippen LogP contribution in [0.4, 0.5) is 11.4 Å². The van der Waals surface area contributed by atoms with Crippen LogP contribution in [0.2, 0.25) is 0 Å². The first kappa shape index (κ1) is 10.7. The molecule has 16 heavy (non-hydrogen) atoms. The lowest BCUT2D eigenvalue weighted by Gasteiger charge is -2.08. The van der Waals surface area contributed by atoms with Crippen LogP contribution in [0.3, 0.4) is 0 Å². The number of hydrogen-bond donors (Lipinski definition) is 0. The molecule has 2 rings (SSSR count). The molecule has 82 valence electrons. The number of benzene rings is 1. The van der Waals surface area contributed by atoms with Gasteiger partial charge in [0, 0.05) is 5.56 Å². The Morgan fingerprint density at radius 1 is 1.44 bits per heavy atom. The van der Waals surface area contributed by atoms with Gasteiger partial charge in [0.1, 0.15) is 11.4 Å². The van der Waals surface area contributed by atoms with E-state index in [2.05, 4.69) is 13.5 Å². The Kier molecular flexibility index (Phi) is 2.66. The first-order chi connectivity index (χ1) is 7.69. The molecule has 0 spiro atoms. The zero-order chi connectivity index (χ0) is 11.7. The van der Waals surface area contributed by atoms with Gasteiger partial charge in [-0.15, -0.1) is 0 Å². The van der Waals surface area contributed by atoms with E-state index in [1.54, 1.807) is 13.0 Å². The molecule has 0 bridgehead atoms. The van der Waals surface area contributed by atoms with Crippen molar-refractivity contribution in [3.8, 4) is 0 Å². The average molecular weight is 236 g/mol. The third kappa shape index (κ3) is 1.47. The molecule has 5 nitrogen and oxygen atoms in total. The summed E-state index contributed by atoms with van der Waals surface area (Å²) < 4.78 is 12.7. The molecule has 0 saturated heterocycles. The van der Waals surface area contributed by atoms with Crippen molar-refractivity contribution >= 4 is 35.0 Å². The number of esters is 1. The van der Waals surface area contributed by atoms with Gasteiger partial charge in [-0.25, -0.2) is 4.79 Å². The molecule has 0 amide bonds. The van der Waals surface area contributed by atoms with Crippen LogP contribution in [0.1, 0.15) is 26.3 Å². The fourth-order valence-electron chi connectivity index (χ4n) is 1.55. The largest absolute Gasteiger partial charge is 0.465 e. The van der Waals surface area contributed by atoms with Crippen LogP contribution in [0, 0.1) is 6.92 Å². The standard InChI is InChI=1S/C10H8N2O3S/c1-5-3-6(4-13)8-9(12-16-11-8)7(5)10(14)15-2/h3-4H,1-2H3. The van der Waals surface area contributed by atoms with Crippen molar-refractivity contribution in [2.75, 3.05) is 7.11 Å². The molecule has 0 fully saturated rings. The highest BCUT2D eigenvalue weighted by atomic mass is 32.1. The van der Waals surface area contributed by atoms with Gasteiger partial charge < -0.3 is 4.74 Å². The lowest BCUT2D eigenvalue weighted by molar-refractivity contribution is 0.0601. The number of aldehydes is 1. The van der Waals surface area contributed by atoms with Gasteiger partial charge in [-0.05, 0) is 18.6 Å². The van der Waals surface area contributed by atoms with E-state index in [1.165, 1.54) is 7.11 Å². The van der Waals surface area contributed by atoms with Gasteiger partial charge >= 0.3 is 5.97 Å². The summed E-state index contributed by atoms with van der Waals surface area (Å²) in [5, 5.41) is 0. The second kappa shape index (κ2) is 3.97. The monoisotopic (exact) mass is 236 g/mol. The molecule has 1 aliphatic rings. The Balaban J connectivity index is 2.74. The van der Waals surface area contributed by atoms with Crippen LogP contribution >= 0.6 is 0 Å². The van der Waals surface area contributed by atoms with Crippen LogP contribution in [0.5, 0.6) is 0 Å². The van der Waals surface area contributed by atoms with Gasteiger partial charge in [-0.1, -0.05) is 0 Å². The predicted molar refractivity (Wildman–Crippen MR) is 59.4 cm³/mol. The molecule has 6 heteroatoms. The van der Waals surface area contributed by atoms with Gasteiger partial charge in [-0.3, -0.25) is 4.79 Å². The summed E-state index contributed by atoms with van der Waals surface area (Å²) >= 11 is 0.967. The van der Waals surface area contributed by atoms with Gasteiger partial charge in [0.05, 0.1) is 24.0 Å². The Bertz CT molecular complexity index is 560. The van der Waals surface area contributed by atoms with E-state index < -0.39 is 5.97 Å². The lowest BCUT2D eigenvalue weighted by atomic mass is 10.0. The maximum Gasteiger partial charge on any atom is 0.340 e. The van der Waals surface area contributed by atoms with Crippen molar-refractivity contribution in [2.24, 2.45) is 8.73 Å². The summed E-state index contributed by atoms with van der Waals surface area (Å²) in [4.78, 5) is 22.4. The van der Waals surface area contributed by atoms with Crippen molar-refractivity contribution in [1.82, 2.24) is 0 Å². The number of fused-ring (bicyclic) bond motifs is 1. The first-order valence-corrected chi connectivity index (χ1v) is 5.21. The van der Waals surface area contributed by atoms with Crippen LogP contribution < -0.4 is 0 Å². The summed E-state index contributed by atoms with van der Waals surface area (Å²) in [7, 11) is 1.31. The van der Waals surface area contributed by atoms with Crippen LogP contribution in [-0.4, -0.2) is 19.4 Å². The third-order valence-electron chi connectivity index (χ3n) is 2.28. The summed E-state index contributed by atoms with van der Waals surface area (Å²) in [5.74, 6) is -0.465. The van der Waals surface area contributed by atoms with Crippen LogP contribution in [0.15, 0.2) is 14.8 Å². The fourth-order valence-corrected chi connectivity index (χ4v) is 2.13. The summed E-state index contributed by atoms with van der Waals surface area (Å²) in [6.45, 7) is 1.73. The molecule has 0 unspecified atom stereocenters. The summed E-state index contributed by atoms with van der Waals surface area (Å²) in [5.41, 5.74) is 2.35. The molecule has 0 radical (unpaired) electrons. The molecular formula is C10H8N2O3S. The minimum atomic E-state index is -0.465. The molecule has 0 atom stereocenters. The van der Waals surface area contributed by atoms with Crippen molar-refractivity contribution < 1.29 is 14.3 Å². The number of carbonyl (C=O) groups is 2. The highest BCUT2D eigenvalue weighted by Gasteiger charge is 2.23. The van der Waals surface area contributed by atoms with E-state index in [0.29, 0.717) is 34.4 Å². The SMILES string of the molecule is COC(=O)c1c(C)cc(C=O)c2c1N=S=N2. The van der Waals surface area contributed by atoms with Crippen molar-refractivity contribution in [3.63, 3.8) is 0 Å². The van der Waals surface area contributed by atoms with Crippen LogP contribution in [0.25, 0.3) is 0 Å². The Labute approximate surface area is 95.3 Å². The highest BCUT2D eigenvalue weighted by Crippen LogP contribution is 2.39. The molecule has 0 aliphatic carbocycles. The zero-order valence-electron chi connectivity index (χ0n) is 8.68. The maximum absolute atomic E-state index is 11.6. The van der Waals surface area contributed by atoms with E-state index in [1.807, 2.05) is 0 Å². The molecule has 1 aromatic carbocycles. The fraction of sp³-hybridized carbons (Fsp3) is 0.200. The third-order valence-corrected chi connectivity index (χ3v) is 2.81. The average Bonchev–Trinajstić information content (AvgIpc) is 2.75. The van der Waals surface area contributed by atoms with Gasteiger partial charge in [0.15, 0.2) is 6.29 Å². The van der Waals surface area contributed by atoms with Crippen LogP contribution in [-0.2, 0) is 16.1 Å². The van der Waals surface area contributed by atoms with Crippen molar-refractivity contribution in [2.45, 2.75) is 6.92 Å². The van der Waals surface area contributed by atoms with E-state index >= 15 is 0 Å². The summed E-state index contributed by atoms with van der Waals surface area (Å²) in [6, 6.07) is 1.61. The smallest absolute Gasteiger partial charge is 0.340 e. The molecule has 0 N–H and O–H groups in total. The lowest BCUT2D eigenvalue weighted by Crippen LogP contribution is -2.05. The Morgan fingerprint density at radius 3 is 2.75 bits per heavy atom. The van der Waals surface area contributed by atoms with Gasteiger partial charge in [0.2, 0.25) is 0 Å². The topological polar surface area (TPSA) is 68.1 Å². The number of nitrogens with zero attached hydrogens (tertiary/aromatic N) is 2. The second-order valence-corrected chi connectivity index (χ2v) is 3.76. The van der Waals surface area contributed by atoms with E-state index in [9.17, 15) is 9.59 Å². The molecule has 1 heterocycles. The van der Waals surface area contributed by atoms with E-state index in [0.717, 1.165) is 11.4 Å². The van der Waals surface area contributed by atoms with Gasteiger partial charge in [-0.2, -0.15) is 8.73 Å². The predicted octanol–water partition coefficient (Wildman–Crippen LogP) is 2.32. The van der Waals surface area contributed by atoms with Crippen molar-refractivity contribution in [1.29, 1.82) is 0 Å². The number of ether oxygens (including phenoxy) is 1. The number of carbonyl (C=O) groups excluding carboxylic acids is 2. The number of rotatable bonds is 2. The Morgan fingerprint density at radius 2 is 2.12 bits per heavy atom. The number of hydrogen-bond acceptors (Lipinski definition) is 5. The van der Waals surface area contributed by atoms with E-state index in [-0.39, 0.29) is 0 Å². The minimum Gasteiger partial charge on any atom is -0.465 e. The molecule has 1 aromatic rings. The first-order valence-electron chi connectivity index (χ1n) is 4.48. The maximum atomic E-state index is 11.6. The van der Waals surface area contributed by atoms with Gasteiger partial charge in [0.25, 0.3) is 0 Å². The Hall–Kier alpha value is -1.82. The van der Waals surface area contributed by atoms with E-state index in [4.69, 9.17) is 0 Å². The molecular weight excluding hydrogens is 228 g/mol. The molecule has 1 aliphatic heterocycles. The quantitative estimate of drug-likeness (QED) is 0.593. The highest BCUT2D eigenvalue weighted by molar-refractivity contribution is 7.58. The second-order valence-electron chi connectivity index (χ2n) is 3.23. The number of aryl methyl sites for hydroxylation is 1. The zero-order valence-corrected chi connectivity index (χ0v) is 9.50. The normalized spacial score (nSPS) is 11.9. The summed E-state index contributed by atoms with van der Waals surface area (Å²) in [6.07, 6.45) is 0.706. The molecule has 0 saturated carbocycles.